The fourth-order valence-electron chi connectivity index (χ4n) is 6.66. The van der Waals surface area contributed by atoms with Gasteiger partial charge in [0.15, 0.2) is 0 Å². The highest BCUT2D eigenvalue weighted by Crippen LogP contribution is 2.60. The Balaban J connectivity index is 0.000000164. The van der Waals surface area contributed by atoms with Gasteiger partial charge in [-0.05, 0) is 79.8 Å². The lowest BCUT2D eigenvalue weighted by Crippen LogP contribution is -2.31. The third-order valence-electron chi connectivity index (χ3n) is 7.50. The first-order chi connectivity index (χ1) is 11.4. The summed E-state index contributed by atoms with van der Waals surface area (Å²) in [6.45, 7) is 0. The Morgan fingerprint density at radius 3 is 2.09 bits per heavy atom. The molecule has 0 aromatic carbocycles. The maximum atomic E-state index is 2.92. The molecule has 6 unspecified atom stereocenters. The topological polar surface area (TPSA) is 12.0 Å². The lowest BCUT2D eigenvalue weighted by Gasteiger charge is -2.39. The minimum absolute atomic E-state index is 1.17. The van der Waals surface area contributed by atoms with E-state index in [1.54, 1.807) is 64.2 Å². The molecule has 0 radical (unpaired) electrons. The van der Waals surface area contributed by atoms with Crippen molar-refractivity contribution in [1.29, 1.82) is 0 Å². The highest BCUT2D eigenvalue weighted by molar-refractivity contribution is 5.14. The zero-order valence-corrected chi connectivity index (χ0v) is 14.5. The van der Waals surface area contributed by atoms with E-state index in [0.29, 0.717) is 0 Å². The second-order valence-corrected chi connectivity index (χ2v) is 8.47. The van der Waals surface area contributed by atoms with Gasteiger partial charge in [0.05, 0.1) is 0 Å². The van der Waals surface area contributed by atoms with Crippen molar-refractivity contribution in [3.8, 4) is 0 Å². The van der Waals surface area contributed by atoms with Gasteiger partial charge in [-0.3, -0.25) is 0 Å². The smallest absolute Gasteiger partial charge is 0.000442 e. The molecule has 23 heavy (non-hydrogen) atoms. The standard InChI is InChI=1S/C16H26.C6H7N/c1-2-6-14-12(4-1)10-16-13-7-3-5-11(13)8-9-15(14)16;1-2-4-6-7-5-3-1/h11-16H,1-10H2;1-7H. The molecule has 1 N–H and O–H groups in total. The Labute approximate surface area is 142 Å². The molecule has 1 heterocycles. The molecule has 4 saturated carbocycles. The van der Waals surface area contributed by atoms with Crippen molar-refractivity contribution in [2.75, 3.05) is 0 Å². The van der Waals surface area contributed by atoms with Crippen LogP contribution in [0.4, 0.5) is 0 Å². The number of hydrogen-bond acceptors (Lipinski definition) is 1. The Bertz CT molecular complexity index is 460. The van der Waals surface area contributed by atoms with E-state index in [4.69, 9.17) is 0 Å². The van der Waals surface area contributed by atoms with Crippen molar-refractivity contribution in [1.82, 2.24) is 5.32 Å². The normalized spacial score (nSPS) is 43.5. The summed E-state index contributed by atoms with van der Waals surface area (Å²) in [4.78, 5) is 0. The summed E-state index contributed by atoms with van der Waals surface area (Å²) in [6, 6.07) is 0. The molecule has 0 amide bonds. The van der Waals surface area contributed by atoms with Crippen LogP contribution in [-0.2, 0) is 0 Å². The van der Waals surface area contributed by atoms with E-state index >= 15 is 0 Å². The van der Waals surface area contributed by atoms with E-state index in [2.05, 4.69) is 5.32 Å². The van der Waals surface area contributed by atoms with Crippen LogP contribution in [0.3, 0.4) is 0 Å². The molecule has 1 heteroatoms. The Kier molecular flexibility index (Phi) is 4.92. The SMILES string of the molecule is C1=CC=CNC=C1.C1CCC2C(C1)CC1C3CCCC3CCC21. The molecule has 0 aromatic rings. The van der Waals surface area contributed by atoms with Crippen molar-refractivity contribution >= 4 is 0 Å². The van der Waals surface area contributed by atoms with Crippen LogP contribution < -0.4 is 5.32 Å². The second kappa shape index (κ2) is 7.28. The lowest BCUT2D eigenvalue weighted by atomic mass is 9.66. The van der Waals surface area contributed by atoms with E-state index < -0.39 is 0 Å². The molecule has 4 aliphatic carbocycles. The minimum Gasteiger partial charge on any atom is -0.368 e. The second-order valence-electron chi connectivity index (χ2n) is 8.47. The van der Waals surface area contributed by atoms with Crippen molar-refractivity contribution in [3.63, 3.8) is 0 Å². The van der Waals surface area contributed by atoms with Gasteiger partial charge in [-0.15, -0.1) is 0 Å². The van der Waals surface area contributed by atoms with Gasteiger partial charge in [0, 0.05) is 12.4 Å². The van der Waals surface area contributed by atoms with Gasteiger partial charge in [-0.1, -0.05) is 44.3 Å². The molecule has 5 aliphatic rings. The predicted molar refractivity (Wildman–Crippen MR) is 97.7 cm³/mol. The van der Waals surface area contributed by atoms with Crippen LogP contribution in [0.2, 0.25) is 0 Å². The van der Waals surface area contributed by atoms with E-state index in [9.17, 15) is 0 Å². The Morgan fingerprint density at radius 2 is 1.22 bits per heavy atom. The molecule has 0 spiro atoms. The van der Waals surface area contributed by atoms with Crippen LogP contribution in [-0.4, -0.2) is 0 Å². The van der Waals surface area contributed by atoms with Gasteiger partial charge in [-0.2, -0.15) is 0 Å². The van der Waals surface area contributed by atoms with Crippen LogP contribution in [0.1, 0.15) is 64.2 Å². The van der Waals surface area contributed by atoms with Gasteiger partial charge in [0.1, 0.15) is 0 Å². The summed E-state index contributed by atoms with van der Waals surface area (Å²) in [5.74, 6) is 7.08. The van der Waals surface area contributed by atoms with E-state index in [0.717, 1.165) is 0 Å². The van der Waals surface area contributed by atoms with Crippen molar-refractivity contribution in [2.45, 2.75) is 64.2 Å². The zero-order valence-electron chi connectivity index (χ0n) is 14.5. The average Bonchev–Trinajstić information content (AvgIpc) is 3.09. The maximum Gasteiger partial charge on any atom is 0.000442 e. The number of hydrogen-bond donors (Lipinski definition) is 1. The first-order valence-electron chi connectivity index (χ1n) is 10.2. The minimum atomic E-state index is 1.17. The number of fused-ring (bicyclic) bond motifs is 5. The molecule has 126 valence electrons. The summed E-state index contributed by atoms with van der Waals surface area (Å²) in [5.41, 5.74) is 0. The molecule has 1 nitrogen and oxygen atoms in total. The monoisotopic (exact) mass is 311 g/mol. The fraction of sp³-hybridized carbons (Fsp3) is 0.727. The van der Waals surface area contributed by atoms with Crippen molar-refractivity contribution in [2.24, 2.45) is 35.5 Å². The summed E-state index contributed by atoms with van der Waals surface area (Å²) >= 11 is 0. The number of rotatable bonds is 0. The number of allylic oxidation sites excluding steroid dienone is 4. The molecule has 0 bridgehead atoms. The molecule has 0 aromatic heterocycles. The molecular formula is C22H33N. The highest BCUT2D eigenvalue weighted by Gasteiger charge is 2.51. The van der Waals surface area contributed by atoms with Crippen LogP contribution in [0, 0.1) is 35.5 Å². The highest BCUT2D eigenvalue weighted by atomic mass is 14.8. The molecule has 0 saturated heterocycles. The summed E-state index contributed by atoms with van der Waals surface area (Å²) < 4.78 is 0. The predicted octanol–water partition coefficient (Wildman–Crippen LogP) is 5.81. The van der Waals surface area contributed by atoms with Crippen LogP contribution >= 0.6 is 0 Å². The van der Waals surface area contributed by atoms with Gasteiger partial charge < -0.3 is 5.32 Å². The average molecular weight is 312 g/mol. The van der Waals surface area contributed by atoms with Crippen molar-refractivity contribution in [3.05, 3.63) is 36.7 Å². The van der Waals surface area contributed by atoms with Crippen molar-refractivity contribution < 1.29 is 0 Å². The van der Waals surface area contributed by atoms with E-state index in [1.165, 1.54) is 35.5 Å². The first kappa shape index (κ1) is 15.5. The summed E-state index contributed by atoms with van der Waals surface area (Å²) in [7, 11) is 0. The zero-order chi connectivity index (χ0) is 15.5. The summed E-state index contributed by atoms with van der Waals surface area (Å²) in [6.07, 6.45) is 27.5. The fourth-order valence-corrected chi connectivity index (χ4v) is 6.66. The molecule has 1 aliphatic heterocycles. The molecular weight excluding hydrogens is 278 g/mol. The molecule has 4 fully saturated rings. The summed E-state index contributed by atoms with van der Waals surface area (Å²) in [5, 5.41) is 2.92. The van der Waals surface area contributed by atoms with E-state index in [1.807, 2.05) is 36.7 Å². The van der Waals surface area contributed by atoms with Gasteiger partial charge in [0.2, 0.25) is 0 Å². The number of nitrogens with one attached hydrogen (secondary N) is 1. The van der Waals surface area contributed by atoms with Gasteiger partial charge >= 0.3 is 0 Å². The molecule has 5 rings (SSSR count). The quantitative estimate of drug-likeness (QED) is 0.595. The van der Waals surface area contributed by atoms with Crippen LogP contribution in [0.15, 0.2) is 36.7 Å². The van der Waals surface area contributed by atoms with Gasteiger partial charge in [-0.25, -0.2) is 0 Å². The Hall–Kier alpha value is -0.980. The van der Waals surface area contributed by atoms with Gasteiger partial charge in [0.25, 0.3) is 0 Å². The Morgan fingerprint density at radius 1 is 0.522 bits per heavy atom. The molecule has 6 atom stereocenters. The first-order valence-corrected chi connectivity index (χ1v) is 10.2. The lowest BCUT2D eigenvalue weighted by molar-refractivity contribution is 0.106. The van der Waals surface area contributed by atoms with E-state index in [-0.39, 0.29) is 0 Å². The largest absolute Gasteiger partial charge is 0.368 e. The third-order valence-corrected chi connectivity index (χ3v) is 7.50. The maximum absolute atomic E-state index is 2.92. The third kappa shape index (κ3) is 3.30. The van der Waals surface area contributed by atoms with Crippen LogP contribution in [0.5, 0.6) is 0 Å². The van der Waals surface area contributed by atoms with Crippen LogP contribution in [0.25, 0.3) is 0 Å².